The molecule has 0 saturated heterocycles. The molecule has 1 N–H and O–H groups in total. The Morgan fingerprint density at radius 1 is 1.03 bits per heavy atom. The predicted octanol–water partition coefficient (Wildman–Crippen LogP) is 4.18. The molecule has 0 saturated carbocycles. The van der Waals surface area contributed by atoms with Gasteiger partial charge in [-0.1, -0.05) is 53.8 Å². The molecule has 0 spiro atoms. The van der Waals surface area contributed by atoms with Crippen LogP contribution in [0.5, 0.6) is 0 Å². The highest BCUT2D eigenvalue weighted by Crippen LogP contribution is 2.27. The first-order valence-corrected chi connectivity index (χ1v) is 9.86. The molecule has 0 atom stereocenters. The summed E-state index contributed by atoms with van der Waals surface area (Å²) in [6, 6.07) is 20.6. The summed E-state index contributed by atoms with van der Waals surface area (Å²) in [5, 5.41) is 15.3. The zero-order chi connectivity index (χ0) is 20.3. The third kappa shape index (κ3) is 3.49. The summed E-state index contributed by atoms with van der Waals surface area (Å²) in [5.41, 5.74) is 1.80. The van der Waals surface area contributed by atoms with Gasteiger partial charge in [-0.15, -0.1) is 5.10 Å². The molecule has 0 fully saturated rings. The average Bonchev–Trinajstić information content (AvgIpc) is 3.52. The lowest BCUT2D eigenvalue weighted by atomic mass is 10.2. The van der Waals surface area contributed by atoms with Gasteiger partial charge in [-0.05, 0) is 34.7 Å². The van der Waals surface area contributed by atoms with Crippen LogP contribution in [0.2, 0.25) is 0 Å². The third-order valence-corrected chi connectivity index (χ3v) is 5.25. The van der Waals surface area contributed by atoms with Crippen molar-refractivity contribution in [3.63, 3.8) is 0 Å². The second kappa shape index (κ2) is 7.72. The summed E-state index contributed by atoms with van der Waals surface area (Å²) in [7, 11) is 0. The number of carbonyl (C=O) groups excluding carboxylic acids is 1. The van der Waals surface area contributed by atoms with Gasteiger partial charge in [0.15, 0.2) is 11.0 Å². The van der Waals surface area contributed by atoms with Crippen molar-refractivity contribution >= 4 is 44.4 Å². The topological polar surface area (TPSA) is 98.7 Å². The first-order chi connectivity index (χ1) is 14.8. The molecule has 0 aliphatic rings. The fourth-order valence-electron chi connectivity index (χ4n) is 2.93. The summed E-state index contributed by atoms with van der Waals surface area (Å²) in [5.74, 6) is 0.529. The second-order valence-corrected chi connectivity index (χ2v) is 7.30. The summed E-state index contributed by atoms with van der Waals surface area (Å²) in [6.07, 6.45) is 3.12. The minimum Gasteiger partial charge on any atom is -0.465 e. The number of nitrogens with zero attached hydrogens (tertiary/aromatic N) is 5. The van der Waals surface area contributed by atoms with E-state index in [-0.39, 0.29) is 5.70 Å². The number of carbonyl (C=O) groups is 1. The van der Waals surface area contributed by atoms with Crippen LogP contribution >= 0.6 is 11.3 Å². The highest BCUT2D eigenvalue weighted by Gasteiger charge is 2.21. The van der Waals surface area contributed by atoms with Crippen LogP contribution in [0, 0.1) is 0 Å². The molecule has 8 nitrogen and oxygen atoms in total. The highest BCUT2D eigenvalue weighted by molar-refractivity contribution is 7.22. The van der Waals surface area contributed by atoms with Gasteiger partial charge >= 0.3 is 0 Å². The van der Waals surface area contributed by atoms with E-state index in [2.05, 4.69) is 25.8 Å². The minimum atomic E-state index is -0.407. The van der Waals surface area contributed by atoms with Crippen LogP contribution in [0.25, 0.3) is 33.4 Å². The Morgan fingerprint density at radius 2 is 1.87 bits per heavy atom. The maximum Gasteiger partial charge on any atom is 0.276 e. The van der Waals surface area contributed by atoms with Gasteiger partial charge in [0.1, 0.15) is 11.5 Å². The molecule has 5 rings (SSSR count). The van der Waals surface area contributed by atoms with Crippen molar-refractivity contribution in [3.8, 4) is 11.4 Å². The van der Waals surface area contributed by atoms with Crippen LogP contribution < -0.4 is 5.32 Å². The van der Waals surface area contributed by atoms with E-state index in [9.17, 15) is 4.79 Å². The van der Waals surface area contributed by atoms with Gasteiger partial charge in [0.05, 0.1) is 16.5 Å². The van der Waals surface area contributed by atoms with Crippen molar-refractivity contribution in [2.24, 2.45) is 0 Å². The number of benzene rings is 2. The first kappa shape index (κ1) is 18.0. The Labute approximate surface area is 174 Å². The molecule has 146 valence electrons. The number of tetrazole rings is 1. The fraction of sp³-hybridized carbons (Fsp3) is 0. The van der Waals surface area contributed by atoms with Crippen molar-refractivity contribution in [1.29, 1.82) is 0 Å². The quantitative estimate of drug-likeness (QED) is 0.433. The number of rotatable bonds is 5. The van der Waals surface area contributed by atoms with E-state index in [1.54, 1.807) is 18.2 Å². The van der Waals surface area contributed by atoms with Crippen LogP contribution in [-0.4, -0.2) is 31.1 Å². The molecule has 1 amide bonds. The van der Waals surface area contributed by atoms with Gasteiger partial charge in [-0.2, -0.15) is 4.68 Å². The van der Waals surface area contributed by atoms with E-state index in [0.717, 1.165) is 15.8 Å². The zero-order valence-electron chi connectivity index (χ0n) is 15.5. The standard InChI is InChI=1S/C21H14N6O2S/c28-20(23-21-22-16-10-4-5-11-18(16)30-21)17(13-15-9-6-12-29-15)27-19(24-25-26-27)14-7-2-1-3-8-14/h1-13H,(H,22,23,28)/b17-13-. The van der Waals surface area contributed by atoms with E-state index in [1.165, 1.54) is 22.3 Å². The molecule has 0 radical (unpaired) electrons. The smallest absolute Gasteiger partial charge is 0.276 e. The number of amides is 1. The number of aromatic nitrogens is 5. The number of furan rings is 1. The average molecular weight is 414 g/mol. The number of hydrogen-bond acceptors (Lipinski definition) is 7. The van der Waals surface area contributed by atoms with Gasteiger partial charge in [0.2, 0.25) is 0 Å². The van der Waals surface area contributed by atoms with Crippen LogP contribution in [0.3, 0.4) is 0 Å². The summed E-state index contributed by atoms with van der Waals surface area (Å²) in [6.45, 7) is 0. The van der Waals surface area contributed by atoms with Crippen LogP contribution in [0.1, 0.15) is 5.76 Å². The van der Waals surface area contributed by atoms with E-state index >= 15 is 0 Å². The first-order valence-electron chi connectivity index (χ1n) is 9.04. The van der Waals surface area contributed by atoms with Crippen molar-refractivity contribution in [1.82, 2.24) is 25.2 Å². The number of thiazole rings is 1. The van der Waals surface area contributed by atoms with Crippen LogP contribution in [-0.2, 0) is 4.79 Å². The lowest BCUT2D eigenvalue weighted by Gasteiger charge is -2.09. The van der Waals surface area contributed by atoms with Crippen molar-refractivity contribution in [2.45, 2.75) is 0 Å². The number of hydrogen-bond donors (Lipinski definition) is 1. The lowest BCUT2D eigenvalue weighted by Crippen LogP contribution is -2.19. The van der Waals surface area contributed by atoms with E-state index in [1.807, 2.05) is 54.6 Å². The predicted molar refractivity (Wildman–Crippen MR) is 114 cm³/mol. The molecule has 2 aromatic carbocycles. The SMILES string of the molecule is O=C(Nc1nc2ccccc2s1)/C(=C/c1ccco1)n1nnnc1-c1ccccc1. The molecule has 0 bridgehead atoms. The van der Waals surface area contributed by atoms with Crippen molar-refractivity contribution < 1.29 is 9.21 Å². The third-order valence-electron chi connectivity index (χ3n) is 4.30. The van der Waals surface area contributed by atoms with Crippen LogP contribution in [0.15, 0.2) is 77.4 Å². The Bertz CT molecular complexity index is 1310. The van der Waals surface area contributed by atoms with Crippen LogP contribution in [0.4, 0.5) is 5.13 Å². The summed E-state index contributed by atoms with van der Waals surface area (Å²) in [4.78, 5) is 17.7. The number of para-hydroxylation sites is 1. The highest BCUT2D eigenvalue weighted by atomic mass is 32.1. The lowest BCUT2D eigenvalue weighted by molar-refractivity contribution is -0.111. The maximum absolute atomic E-state index is 13.2. The summed E-state index contributed by atoms with van der Waals surface area (Å²) < 4.78 is 7.78. The molecule has 3 aromatic heterocycles. The minimum absolute atomic E-state index is 0.202. The van der Waals surface area contributed by atoms with E-state index < -0.39 is 5.91 Å². The zero-order valence-corrected chi connectivity index (χ0v) is 16.3. The van der Waals surface area contributed by atoms with Gasteiger partial charge in [-0.25, -0.2) is 4.98 Å². The molecular formula is C21H14N6O2S. The second-order valence-electron chi connectivity index (χ2n) is 6.27. The Hall–Kier alpha value is -4.11. The van der Waals surface area contributed by atoms with Gasteiger partial charge in [0, 0.05) is 11.6 Å². The largest absolute Gasteiger partial charge is 0.465 e. The van der Waals surface area contributed by atoms with Gasteiger partial charge in [0.25, 0.3) is 5.91 Å². The number of nitrogens with one attached hydrogen (secondary N) is 1. The number of fused-ring (bicyclic) bond motifs is 1. The maximum atomic E-state index is 13.2. The molecule has 30 heavy (non-hydrogen) atoms. The molecular weight excluding hydrogens is 400 g/mol. The van der Waals surface area contributed by atoms with E-state index in [4.69, 9.17) is 4.42 Å². The summed E-state index contributed by atoms with van der Waals surface area (Å²) >= 11 is 1.39. The molecule has 0 aliphatic carbocycles. The monoisotopic (exact) mass is 414 g/mol. The van der Waals surface area contributed by atoms with Crippen molar-refractivity contribution in [3.05, 3.63) is 78.8 Å². The Morgan fingerprint density at radius 3 is 2.67 bits per heavy atom. The Balaban J connectivity index is 1.55. The van der Waals surface area contributed by atoms with Gasteiger partial charge < -0.3 is 4.42 Å². The normalized spacial score (nSPS) is 11.7. The molecule has 9 heteroatoms. The van der Waals surface area contributed by atoms with E-state index in [0.29, 0.717) is 16.7 Å². The van der Waals surface area contributed by atoms with Gasteiger partial charge in [-0.3, -0.25) is 10.1 Å². The Kier molecular flexibility index (Phi) is 4.62. The molecule has 5 aromatic rings. The molecule has 3 heterocycles. The number of anilines is 1. The van der Waals surface area contributed by atoms with Crippen molar-refractivity contribution in [2.75, 3.05) is 5.32 Å². The molecule has 0 aliphatic heterocycles. The molecule has 0 unspecified atom stereocenters. The fourth-order valence-corrected chi connectivity index (χ4v) is 3.80.